The average Bonchev–Trinajstić information content (AvgIpc) is 2.03. The molecule has 1 heterocycles. The van der Waals surface area contributed by atoms with E-state index in [9.17, 15) is 4.79 Å². The van der Waals surface area contributed by atoms with Crippen LogP contribution in [0.3, 0.4) is 0 Å². The van der Waals surface area contributed by atoms with Gasteiger partial charge in [-0.3, -0.25) is 4.79 Å². The van der Waals surface area contributed by atoms with Gasteiger partial charge in [0.15, 0.2) is 5.78 Å². The Labute approximate surface area is 75.9 Å². The van der Waals surface area contributed by atoms with Crippen LogP contribution in [0.4, 0.5) is 0 Å². The van der Waals surface area contributed by atoms with Gasteiger partial charge < -0.3 is 0 Å². The molecule has 0 fully saturated rings. The Morgan fingerprint density at radius 2 is 2.42 bits per heavy atom. The van der Waals surface area contributed by atoms with Crippen molar-refractivity contribution < 1.29 is 4.79 Å². The first kappa shape index (κ1) is 8.94. The first-order valence-electron chi connectivity index (χ1n) is 3.44. The molecule has 1 aromatic rings. The Morgan fingerprint density at radius 1 is 1.75 bits per heavy atom. The lowest BCUT2D eigenvalue weighted by Gasteiger charge is -2.01. The second-order valence-electron chi connectivity index (χ2n) is 2.36. The van der Waals surface area contributed by atoms with E-state index in [4.69, 9.17) is 11.6 Å². The van der Waals surface area contributed by atoms with E-state index in [-0.39, 0.29) is 10.9 Å². The van der Waals surface area contributed by atoms with Crippen LogP contribution in [-0.4, -0.2) is 10.8 Å². The fraction of sp³-hybridized carbons (Fsp3) is 0.111. The van der Waals surface area contributed by atoms with Gasteiger partial charge in [-0.1, -0.05) is 18.2 Å². The van der Waals surface area contributed by atoms with Gasteiger partial charge in [-0.15, -0.1) is 0 Å². The average molecular weight is 182 g/mol. The Morgan fingerprint density at radius 3 is 2.92 bits per heavy atom. The molecule has 1 aromatic heterocycles. The van der Waals surface area contributed by atoms with Gasteiger partial charge in [0.1, 0.15) is 5.15 Å². The van der Waals surface area contributed by atoms with Crippen molar-refractivity contribution in [2.45, 2.75) is 6.92 Å². The van der Waals surface area contributed by atoms with Crippen molar-refractivity contribution in [1.82, 2.24) is 4.98 Å². The Balaban J connectivity index is 3.30. The lowest BCUT2D eigenvalue weighted by atomic mass is 10.1. The summed E-state index contributed by atoms with van der Waals surface area (Å²) >= 11 is 5.72. The van der Waals surface area contributed by atoms with Crippen molar-refractivity contribution in [2.75, 3.05) is 0 Å². The summed E-state index contributed by atoms with van der Waals surface area (Å²) in [6.07, 6.45) is 2.80. The van der Waals surface area contributed by atoms with Crippen LogP contribution in [0.2, 0.25) is 5.15 Å². The number of rotatable bonds is 2. The zero-order valence-corrected chi connectivity index (χ0v) is 7.43. The molecule has 0 aromatic carbocycles. The van der Waals surface area contributed by atoms with E-state index >= 15 is 0 Å². The molecule has 62 valence electrons. The predicted molar refractivity (Wildman–Crippen MR) is 48.5 cm³/mol. The fourth-order valence-electron chi connectivity index (χ4n) is 0.923. The summed E-state index contributed by atoms with van der Waals surface area (Å²) in [4.78, 5) is 15.0. The lowest BCUT2D eigenvalue weighted by Crippen LogP contribution is -1.99. The third-order valence-corrected chi connectivity index (χ3v) is 1.83. The van der Waals surface area contributed by atoms with Gasteiger partial charge in [-0.05, 0) is 24.6 Å². The van der Waals surface area contributed by atoms with Gasteiger partial charge in [0.2, 0.25) is 0 Å². The number of allylic oxidation sites excluding steroid dienone is 1. The molecule has 0 aliphatic rings. The molecule has 2 nitrogen and oxygen atoms in total. The van der Waals surface area contributed by atoms with Crippen molar-refractivity contribution in [3.63, 3.8) is 0 Å². The van der Waals surface area contributed by atoms with Gasteiger partial charge in [-0.2, -0.15) is 0 Å². The maximum atomic E-state index is 11.2. The summed E-state index contributed by atoms with van der Waals surface area (Å²) in [7, 11) is 0. The number of nitrogens with zero attached hydrogens (tertiary/aromatic N) is 1. The highest BCUT2D eigenvalue weighted by molar-refractivity contribution is 6.33. The van der Waals surface area contributed by atoms with Crippen LogP contribution in [0.1, 0.15) is 15.9 Å². The van der Waals surface area contributed by atoms with Crippen molar-refractivity contribution in [3.8, 4) is 0 Å². The van der Waals surface area contributed by atoms with Gasteiger partial charge in [0.05, 0.1) is 5.56 Å². The molecular formula is C9H8ClNO. The molecule has 0 bridgehead atoms. The first-order valence-corrected chi connectivity index (χ1v) is 3.82. The molecule has 0 N–H and O–H groups in total. The molecule has 0 unspecified atom stereocenters. The second-order valence-corrected chi connectivity index (χ2v) is 2.72. The van der Waals surface area contributed by atoms with Crippen LogP contribution < -0.4 is 0 Å². The van der Waals surface area contributed by atoms with Crippen LogP contribution in [0, 0.1) is 6.92 Å². The molecule has 0 saturated heterocycles. The molecular weight excluding hydrogens is 174 g/mol. The summed E-state index contributed by atoms with van der Waals surface area (Å²) < 4.78 is 0. The summed E-state index contributed by atoms with van der Waals surface area (Å²) in [6, 6.07) is 1.74. The number of aryl methyl sites for hydroxylation is 1. The second kappa shape index (κ2) is 3.50. The molecule has 0 aliphatic heterocycles. The standard InChI is InChI=1S/C9H8ClNO/c1-3-7(12)8-6(2)4-5-11-9(8)10/h3-5H,1H2,2H3. The van der Waals surface area contributed by atoms with Crippen molar-refractivity contribution in [2.24, 2.45) is 0 Å². The number of halogens is 1. The Bertz CT molecular complexity index is 313. The van der Waals surface area contributed by atoms with Crippen LogP contribution in [-0.2, 0) is 0 Å². The topological polar surface area (TPSA) is 30.0 Å². The molecule has 0 atom stereocenters. The zero-order chi connectivity index (χ0) is 9.14. The number of aromatic nitrogens is 1. The Hall–Kier alpha value is -1.15. The minimum atomic E-state index is -0.189. The summed E-state index contributed by atoms with van der Waals surface area (Å²) in [5, 5.41) is 0.236. The highest BCUT2D eigenvalue weighted by Gasteiger charge is 2.10. The van der Waals surface area contributed by atoms with E-state index in [2.05, 4.69) is 11.6 Å². The third-order valence-electron chi connectivity index (χ3n) is 1.54. The largest absolute Gasteiger partial charge is 0.289 e. The minimum Gasteiger partial charge on any atom is -0.289 e. The number of carbonyl (C=O) groups is 1. The molecule has 0 amide bonds. The van der Waals surface area contributed by atoms with Crippen LogP contribution in [0.5, 0.6) is 0 Å². The van der Waals surface area contributed by atoms with E-state index in [1.807, 2.05) is 6.92 Å². The van der Waals surface area contributed by atoms with Gasteiger partial charge >= 0.3 is 0 Å². The molecule has 0 spiro atoms. The molecule has 12 heavy (non-hydrogen) atoms. The van der Waals surface area contributed by atoms with Crippen LogP contribution >= 0.6 is 11.6 Å². The predicted octanol–water partition coefficient (Wildman–Crippen LogP) is 2.41. The highest BCUT2D eigenvalue weighted by Crippen LogP contribution is 2.17. The van der Waals surface area contributed by atoms with Gasteiger partial charge in [0.25, 0.3) is 0 Å². The van der Waals surface area contributed by atoms with Crippen LogP contribution in [0.25, 0.3) is 0 Å². The van der Waals surface area contributed by atoms with E-state index < -0.39 is 0 Å². The first-order chi connectivity index (χ1) is 5.66. The molecule has 1 rings (SSSR count). The fourth-order valence-corrected chi connectivity index (χ4v) is 1.22. The lowest BCUT2D eigenvalue weighted by molar-refractivity contribution is 0.104. The maximum Gasteiger partial charge on any atom is 0.188 e. The molecule has 3 heteroatoms. The van der Waals surface area contributed by atoms with Crippen molar-refractivity contribution in [1.29, 1.82) is 0 Å². The smallest absolute Gasteiger partial charge is 0.188 e. The van der Waals surface area contributed by atoms with Crippen molar-refractivity contribution >= 4 is 17.4 Å². The maximum absolute atomic E-state index is 11.2. The number of carbonyl (C=O) groups excluding carboxylic acids is 1. The number of pyridine rings is 1. The normalized spacial score (nSPS) is 9.50. The molecule has 0 aliphatic carbocycles. The van der Waals surface area contributed by atoms with E-state index in [0.29, 0.717) is 5.56 Å². The van der Waals surface area contributed by atoms with Crippen LogP contribution in [0.15, 0.2) is 24.9 Å². The summed E-state index contributed by atoms with van der Waals surface area (Å²) in [5.74, 6) is -0.189. The molecule has 0 saturated carbocycles. The summed E-state index contributed by atoms with van der Waals surface area (Å²) in [6.45, 7) is 5.19. The minimum absolute atomic E-state index is 0.189. The zero-order valence-electron chi connectivity index (χ0n) is 6.67. The molecule has 0 radical (unpaired) electrons. The van der Waals surface area contributed by atoms with Gasteiger partial charge in [-0.25, -0.2) is 4.98 Å². The SMILES string of the molecule is C=CC(=O)c1c(C)ccnc1Cl. The highest BCUT2D eigenvalue weighted by atomic mass is 35.5. The number of ketones is 1. The monoisotopic (exact) mass is 181 g/mol. The van der Waals surface area contributed by atoms with E-state index in [1.165, 1.54) is 6.08 Å². The van der Waals surface area contributed by atoms with E-state index in [1.54, 1.807) is 12.3 Å². The van der Waals surface area contributed by atoms with Crippen molar-refractivity contribution in [3.05, 3.63) is 41.2 Å². The van der Waals surface area contributed by atoms with Gasteiger partial charge in [0, 0.05) is 6.20 Å². The summed E-state index contributed by atoms with van der Waals surface area (Å²) in [5.41, 5.74) is 1.26. The third kappa shape index (κ3) is 1.53. The number of hydrogen-bond acceptors (Lipinski definition) is 2. The van der Waals surface area contributed by atoms with E-state index in [0.717, 1.165) is 5.56 Å². The Kier molecular flexibility index (Phi) is 2.61. The quantitative estimate of drug-likeness (QED) is 0.399. The number of hydrogen-bond donors (Lipinski definition) is 0.